The van der Waals surface area contributed by atoms with Crippen LogP contribution in [-0.2, 0) is 6.54 Å². The average molecular weight is 237 g/mol. The molecule has 0 fully saturated rings. The minimum absolute atomic E-state index is 0.0143. The molecule has 0 radical (unpaired) electrons. The maximum Gasteiger partial charge on any atom is 0.253 e. The molecule has 0 saturated carbocycles. The van der Waals surface area contributed by atoms with E-state index < -0.39 is 0 Å². The van der Waals surface area contributed by atoms with Gasteiger partial charge >= 0.3 is 0 Å². The van der Waals surface area contributed by atoms with Crippen molar-refractivity contribution in [3.05, 3.63) is 28.9 Å². The summed E-state index contributed by atoms with van der Waals surface area (Å²) in [5, 5.41) is 3.43. The first-order valence-corrected chi connectivity index (χ1v) is 6.48. The van der Waals surface area contributed by atoms with E-state index in [-0.39, 0.29) is 5.56 Å². The zero-order valence-corrected chi connectivity index (χ0v) is 10.9. The van der Waals surface area contributed by atoms with Crippen LogP contribution in [0.15, 0.2) is 23.4 Å². The normalized spacial score (nSPS) is 12.6. The summed E-state index contributed by atoms with van der Waals surface area (Å²) in [5.41, 5.74) is 0.0143. The van der Waals surface area contributed by atoms with Crippen molar-refractivity contribution in [1.29, 1.82) is 0 Å². The van der Waals surface area contributed by atoms with Gasteiger partial charge in [-0.15, -0.1) is 0 Å². The molecule has 0 spiro atoms. The fourth-order valence-electron chi connectivity index (χ4n) is 1.78. The van der Waals surface area contributed by atoms with E-state index in [2.05, 4.69) is 24.1 Å². The van der Waals surface area contributed by atoms with Crippen LogP contribution in [0.4, 0.5) is 0 Å². The van der Waals surface area contributed by atoms with Crippen LogP contribution >= 0.6 is 0 Å². The molecule has 4 nitrogen and oxygen atoms in total. The summed E-state index contributed by atoms with van der Waals surface area (Å²) in [5.74, 6) is 0. The molecule has 1 heterocycles. The van der Waals surface area contributed by atoms with Gasteiger partial charge in [-0.1, -0.05) is 26.2 Å². The van der Waals surface area contributed by atoms with Gasteiger partial charge in [0.05, 0.1) is 6.33 Å². The molecule has 0 amide bonds. The Kier molecular flexibility index (Phi) is 6.55. The van der Waals surface area contributed by atoms with Crippen molar-refractivity contribution in [2.45, 2.75) is 52.1 Å². The summed E-state index contributed by atoms with van der Waals surface area (Å²) in [7, 11) is 0. The lowest BCUT2D eigenvalue weighted by atomic mass is 10.1. The van der Waals surface area contributed by atoms with Gasteiger partial charge in [0.15, 0.2) is 0 Å². The van der Waals surface area contributed by atoms with Crippen molar-refractivity contribution in [1.82, 2.24) is 14.9 Å². The topological polar surface area (TPSA) is 46.9 Å². The van der Waals surface area contributed by atoms with Crippen molar-refractivity contribution < 1.29 is 0 Å². The highest BCUT2D eigenvalue weighted by molar-refractivity contribution is 4.82. The van der Waals surface area contributed by atoms with Gasteiger partial charge in [0, 0.05) is 31.4 Å². The molecular formula is C13H23N3O. The summed E-state index contributed by atoms with van der Waals surface area (Å²) in [6.45, 7) is 5.91. The fourth-order valence-corrected chi connectivity index (χ4v) is 1.78. The predicted molar refractivity (Wildman–Crippen MR) is 70.1 cm³/mol. The Morgan fingerprint density at radius 1 is 1.47 bits per heavy atom. The van der Waals surface area contributed by atoms with Gasteiger partial charge in [0.1, 0.15) is 0 Å². The van der Waals surface area contributed by atoms with Crippen LogP contribution in [0, 0.1) is 0 Å². The number of unbranched alkanes of at least 4 members (excludes halogenated alkanes) is 2. The van der Waals surface area contributed by atoms with Crippen LogP contribution in [0.1, 0.15) is 39.5 Å². The summed E-state index contributed by atoms with van der Waals surface area (Å²) < 4.78 is 1.63. The highest BCUT2D eigenvalue weighted by Crippen LogP contribution is 2.02. The lowest BCUT2D eigenvalue weighted by Gasteiger charge is -2.13. The minimum atomic E-state index is 0.0143. The molecule has 1 N–H and O–H groups in total. The molecular weight excluding hydrogens is 214 g/mol. The average Bonchev–Trinajstić information content (AvgIpc) is 2.32. The Labute approximate surface area is 103 Å². The number of nitrogens with one attached hydrogen (secondary N) is 1. The first-order valence-electron chi connectivity index (χ1n) is 6.48. The van der Waals surface area contributed by atoms with Crippen molar-refractivity contribution in [2.24, 2.45) is 0 Å². The van der Waals surface area contributed by atoms with E-state index in [1.807, 2.05) is 0 Å². The fraction of sp³-hybridized carbons (Fsp3) is 0.692. The monoisotopic (exact) mass is 237 g/mol. The standard InChI is InChI=1S/C13H23N3O/c1-3-4-5-6-12(2)15-9-10-16-11-14-8-7-13(16)17/h7-8,11-12,15H,3-6,9-10H2,1-2H3. The zero-order chi connectivity index (χ0) is 12.5. The van der Waals surface area contributed by atoms with Gasteiger partial charge in [-0.3, -0.25) is 9.36 Å². The van der Waals surface area contributed by atoms with Gasteiger partial charge in [0.25, 0.3) is 5.56 Å². The van der Waals surface area contributed by atoms with E-state index in [9.17, 15) is 4.79 Å². The quantitative estimate of drug-likeness (QED) is 0.701. The number of hydrogen-bond donors (Lipinski definition) is 1. The Morgan fingerprint density at radius 2 is 2.29 bits per heavy atom. The molecule has 1 atom stereocenters. The van der Waals surface area contributed by atoms with Crippen molar-refractivity contribution in [2.75, 3.05) is 6.54 Å². The third-order valence-electron chi connectivity index (χ3n) is 2.88. The molecule has 17 heavy (non-hydrogen) atoms. The molecule has 0 aromatic carbocycles. The lowest BCUT2D eigenvalue weighted by molar-refractivity contribution is 0.466. The molecule has 4 heteroatoms. The smallest absolute Gasteiger partial charge is 0.253 e. The summed E-state index contributed by atoms with van der Waals surface area (Å²) in [6.07, 6.45) is 8.16. The number of nitrogens with zero attached hydrogens (tertiary/aromatic N) is 2. The highest BCUT2D eigenvalue weighted by Gasteiger charge is 2.00. The summed E-state index contributed by atoms with van der Waals surface area (Å²) >= 11 is 0. The second-order valence-corrected chi connectivity index (χ2v) is 4.46. The van der Waals surface area contributed by atoms with Crippen LogP contribution in [-0.4, -0.2) is 22.1 Å². The van der Waals surface area contributed by atoms with Crippen LogP contribution in [0.2, 0.25) is 0 Å². The Morgan fingerprint density at radius 3 is 3.00 bits per heavy atom. The van der Waals surface area contributed by atoms with Crippen LogP contribution in [0.5, 0.6) is 0 Å². The van der Waals surface area contributed by atoms with Gasteiger partial charge in [-0.2, -0.15) is 0 Å². The van der Waals surface area contributed by atoms with E-state index >= 15 is 0 Å². The molecule has 0 bridgehead atoms. The first kappa shape index (κ1) is 13.9. The van der Waals surface area contributed by atoms with E-state index in [1.165, 1.54) is 37.9 Å². The number of hydrogen-bond acceptors (Lipinski definition) is 3. The molecule has 1 unspecified atom stereocenters. The lowest BCUT2D eigenvalue weighted by Crippen LogP contribution is -2.32. The molecule has 1 aromatic heterocycles. The molecule has 0 aliphatic rings. The van der Waals surface area contributed by atoms with Gasteiger partial charge < -0.3 is 5.32 Å². The van der Waals surface area contributed by atoms with Crippen molar-refractivity contribution >= 4 is 0 Å². The Bertz CT molecular complexity index is 362. The Hall–Kier alpha value is -1.16. The molecule has 0 aliphatic heterocycles. The molecule has 1 rings (SSSR count). The largest absolute Gasteiger partial charge is 0.312 e. The van der Waals surface area contributed by atoms with Crippen molar-refractivity contribution in [3.8, 4) is 0 Å². The second-order valence-electron chi connectivity index (χ2n) is 4.46. The van der Waals surface area contributed by atoms with Gasteiger partial charge in [-0.05, 0) is 13.3 Å². The van der Waals surface area contributed by atoms with Crippen molar-refractivity contribution in [3.63, 3.8) is 0 Å². The number of aromatic nitrogens is 2. The van der Waals surface area contributed by atoms with Crippen LogP contribution in [0.25, 0.3) is 0 Å². The second kappa shape index (κ2) is 8.01. The third-order valence-corrected chi connectivity index (χ3v) is 2.88. The maximum atomic E-state index is 11.4. The molecule has 1 aromatic rings. The van der Waals surface area contributed by atoms with Crippen LogP contribution in [0.3, 0.4) is 0 Å². The third kappa shape index (κ3) is 5.63. The molecule has 0 saturated heterocycles. The SMILES string of the molecule is CCCCCC(C)NCCn1cnccc1=O. The highest BCUT2D eigenvalue weighted by atomic mass is 16.1. The Balaban J connectivity index is 2.19. The van der Waals surface area contributed by atoms with Gasteiger partial charge in [0.2, 0.25) is 0 Å². The van der Waals surface area contributed by atoms with Crippen LogP contribution < -0.4 is 10.9 Å². The zero-order valence-electron chi connectivity index (χ0n) is 10.9. The minimum Gasteiger partial charge on any atom is -0.312 e. The molecule has 96 valence electrons. The first-order chi connectivity index (χ1) is 8.24. The summed E-state index contributed by atoms with van der Waals surface area (Å²) in [4.78, 5) is 15.3. The molecule has 0 aliphatic carbocycles. The predicted octanol–water partition coefficient (Wildman–Crippen LogP) is 1.80. The van der Waals surface area contributed by atoms with Gasteiger partial charge in [-0.25, -0.2) is 4.98 Å². The van der Waals surface area contributed by atoms with E-state index in [4.69, 9.17) is 0 Å². The van der Waals surface area contributed by atoms with E-state index in [0.717, 1.165) is 6.54 Å². The van der Waals surface area contributed by atoms with E-state index in [0.29, 0.717) is 12.6 Å². The van der Waals surface area contributed by atoms with E-state index in [1.54, 1.807) is 10.9 Å². The summed E-state index contributed by atoms with van der Waals surface area (Å²) in [6, 6.07) is 2.01. The maximum absolute atomic E-state index is 11.4. The number of rotatable bonds is 8.